The first-order valence-corrected chi connectivity index (χ1v) is 3.97. The molecule has 0 fully saturated rings. The molecule has 10 heavy (non-hydrogen) atoms. The van der Waals surface area contributed by atoms with Gasteiger partial charge in [0.2, 0.25) is 0 Å². The Hall–Kier alpha value is 0.943. The van der Waals surface area contributed by atoms with Gasteiger partial charge in [-0.15, -0.1) is 24.8 Å². The van der Waals surface area contributed by atoms with Crippen LogP contribution in [0.5, 0.6) is 0 Å². The molecule has 0 heterocycles. The summed E-state index contributed by atoms with van der Waals surface area (Å²) in [5, 5.41) is 0. The Balaban J connectivity index is 0. The summed E-state index contributed by atoms with van der Waals surface area (Å²) >= 11 is 1.58. The molecule has 0 saturated carbocycles. The van der Waals surface area contributed by atoms with Gasteiger partial charge in [0, 0.05) is 0 Å². The van der Waals surface area contributed by atoms with E-state index in [4.69, 9.17) is 0 Å². The maximum absolute atomic E-state index is 2.31. The van der Waals surface area contributed by atoms with Gasteiger partial charge >= 0.3 is 65.5 Å². The van der Waals surface area contributed by atoms with E-state index in [2.05, 4.69) is 32.1 Å². The van der Waals surface area contributed by atoms with Crippen molar-refractivity contribution in [2.24, 2.45) is 0 Å². The van der Waals surface area contributed by atoms with E-state index < -0.39 is 0 Å². The van der Waals surface area contributed by atoms with Crippen molar-refractivity contribution in [3.63, 3.8) is 0 Å². The Labute approximate surface area is 89.8 Å². The number of hydrogen-bond donors (Lipinski definition) is 0. The summed E-state index contributed by atoms with van der Waals surface area (Å²) in [4.78, 5) is 0. The predicted molar refractivity (Wildman–Crippen MR) is 45.8 cm³/mol. The summed E-state index contributed by atoms with van der Waals surface area (Å²) in [6.45, 7) is 4.39. The molecular formula is C7H11Cl2Zr. The van der Waals surface area contributed by atoms with Gasteiger partial charge in [0.15, 0.2) is 0 Å². The van der Waals surface area contributed by atoms with E-state index in [1.54, 1.807) is 24.7 Å². The van der Waals surface area contributed by atoms with Gasteiger partial charge in [-0.25, -0.2) is 0 Å². The first kappa shape index (κ1) is 13.5. The summed E-state index contributed by atoms with van der Waals surface area (Å²) in [5.41, 5.74) is 1.41. The molecule has 0 aromatic rings. The zero-order valence-corrected chi connectivity index (χ0v) is 10.1. The summed E-state index contributed by atoms with van der Waals surface area (Å²) in [6, 6.07) is 0. The van der Waals surface area contributed by atoms with Crippen molar-refractivity contribution in [1.82, 2.24) is 0 Å². The molecule has 1 atom stereocenters. The molecule has 0 saturated heterocycles. The van der Waals surface area contributed by atoms with Crippen LogP contribution in [-0.4, -0.2) is 0 Å². The molecule has 0 nitrogen and oxygen atoms in total. The van der Waals surface area contributed by atoms with E-state index >= 15 is 0 Å². The van der Waals surface area contributed by atoms with E-state index in [0.717, 1.165) is 0 Å². The fourth-order valence-electron chi connectivity index (χ4n) is 0.874. The van der Waals surface area contributed by atoms with Crippen LogP contribution in [0.25, 0.3) is 0 Å². The van der Waals surface area contributed by atoms with Crippen molar-refractivity contribution in [2.45, 2.75) is 17.0 Å². The second kappa shape index (κ2) is 4.75. The quantitative estimate of drug-likeness (QED) is 0.625. The van der Waals surface area contributed by atoms with E-state index in [0.29, 0.717) is 3.12 Å². The molecule has 0 spiro atoms. The Morgan fingerprint density at radius 3 is 2.00 bits per heavy atom. The van der Waals surface area contributed by atoms with Gasteiger partial charge in [-0.1, -0.05) is 0 Å². The second-order valence-corrected chi connectivity index (χ2v) is 5.15. The average Bonchev–Trinajstić information content (AvgIpc) is 1.82. The van der Waals surface area contributed by atoms with Crippen LogP contribution in [-0.2, 0) is 24.7 Å². The molecule has 0 radical (unpaired) electrons. The minimum Gasteiger partial charge on any atom is -0.147 e. The van der Waals surface area contributed by atoms with Crippen LogP contribution in [0.1, 0.15) is 13.8 Å². The third-order valence-corrected chi connectivity index (χ3v) is 1.98. The summed E-state index contributed by atoms with van der Waals surface area (Å²) in [5.74, 6) is 0. The van der Waals surface area contributed by atoms with E-state index in [1.807, 2.05) is 0 Å². The molecule has 0 amide bonds. The topological polar surface area (TPSA) is 0 Å². The van der Waals surface area contributed by atoms with Crippen molar-refractivity contribution < 1.29 is 24.7 Å². The Morgan fingerprint density at radius 1 is 1.40 bits per heavy atom. The van der Waals surface area contributed by atoms with Crippen LogP contribution >= 0.6 is 24.8 Å². The van der Waals surface area contributed by atoms with E-state index in [1.165, 1.54) is 5.57 Å². The zero-order chi connectivity index (χ0) is 6.20. The van der Waals surface area contributed by atoms with Gasteiger partial charge in [-0.05, 0) is 0 Å². The molecule has 1 unspecified atom stereocenters. The minimum atomic E-state index is 0. The number of halogens is 2. The number of allylic oxidation sites excluding steroid dienone is 4. The molecule has 0 aromatic carbocycles. The summed E-state index contributed by atoms with van der Waals surface area (Å²) in [7, 11) is 0. The van der Waals surface area contributed by atoms with Gasteiger partial charge in [0.25, 0.3) is 0 Å². The number of hydrogen-bond acceptors (Lipinski definition) is 0. The maximum Gasteiger partial charge on any atom is -0.147 e. The molecule has 1 rings (SSSR count). The van der Waals surface area contributed by atoms with Crippen molar-refractivity contribution in [3.8, 4) is 0 Å². The molecule has 57 valence electrons. The fourth-order valence-corrected chi connectivity index (χ4v) is 1.64. The SMILES string of the molecule is CC1=C[C](C)([Zr])C=C1.Cl.Cl. The van der Waals surface area contributed by atoms with Crippen molar-refractivity contribution in [3.05, 3.63) is 23.8 Å². The molecule has 0 N–H and O–H groups in total. The summed E-state index contributed by atoms with van der Waals surface area (Å²) in [6.07, 6.45) is 6.76. The minimum absolute atomic E-state index is 0. The van der Waals surface area contributed by atoms with Gasteiger partial charge < -0.3 is 0 Å². The first-order chi connectivity index (χ1) is 3.60. The number of rotatable bonds is 0. The molecule has 1 aliphatic carbocycles. The molecule has 0 aromatic heterocycles. The largest absolute Gasteiger partial charge is 0.147 e. The van der Waals surface area contributed by atoms with E-state index in [-0.39, 0.29) is 24.8 Å². The van der Waals surface area contributed by atoms with Gasteiger partial charge in [0.05, 0.1) is 0 Å². The van der Waals surface area contributed by atoms with Gasteiger partial charge in [-0.2, -0.15) is 0 Å². The zero-order valence-electron chi connectivity index (χ0n) is 6.05. The van der Waals surface area contributed by atoms with Crippen LogP contribution in [0.2, 0.25) is 3.12 Å². The van der Waals surface area contributed by atoms with Crippen LogP contribution < -0.4 is 0 Å². The average molecular weight is 257 g/mol. The smallest absolute Gasteiger partial charge is 0.147 e. The molecule has 0 bridgehead atoms. The van der Waals surface area contributed by atoms with Crippen molar-refractivity contribution >= 4 is 24.8 Å². The Morgan fingerprint density at radius 2 is 1.90 bits per heavy atom. The van der Waals surface area contributed by atoms with Gasteiger partial charge in [-0.3, -0.25) is 0 Å². The third kappa shape index (κ3) is 3.96. The van der Waals surface area contributed by atoms with Crippen LogP contribution in [0.15, 0.2) is 23.8 Å². The standard InChI is InChI=1S/C7H9.2ClH.Zr/c1-6-3-4-7(2)5-6;;;/h3-5H,1-2H3;2*1H;. The molecule has 0 aliphatic heterocycles. The Kier molecular flexibility index (Phi) is 6.42. The molecule has 3 heteroatoms. The van der Waals surface area contributed by atoms with Crippen molar-refractivity contribution in [1.29, 1.82) is 0 Å². The van der Waals surface area contributed by atoms with E-state index in [9.17, 15) is 0 Å². The van der Waals surface area contributed by atoms with Gasteiger partial charge in [0.1, 0.15) is 0 Å². The predicted octanol–water partition coefficient (Wildman–Crippen LogP) is 3.07. The normalized spacial score (nSPS) is 28.3. The first-order valence-electron chi connectivity index (χ1n) is 2.74. The van der Waals surface area contributed by atoms with Crippen LogP contribution in [0, 0.1) is 0 Å². The third-order valence-electron chi connectivity index (χ3n) is 1.22. The summed E-state index contributed by atoms with van der Waals surface area (Å²) < 4.78 is 0.413. The van der Waals surface area contributed by atoms with Crippen LogP contribution in [0.4, 0.5) is 0 Å². The molecular weight excluding hydrogens is 246 g/mol. The monoisotopic (exact) mass is 255 g/mol. The van der Waals surface area contributed by atoms with Crippen LogP contribution in [0.3, 0.4) is 0 Å². The maximum atomic E-state index is 2.31. The molecule has 1 aliphatic rings. The Bertz CT molecular complexity index is 159. The second-order valence-electron chi connectivity index (χ2n) is 2.50. The fraction of sp³-hybridized carbons (Fsp3) is 0.429. The van der Waals surface area contributed by atoms with Crippen molar-refractivity contribution in [2.75, 3.05) is 0 Å².